The second kappa shape index (κ2) is 5.36. The third kappa shape index (κ3) is 2.62. The van der Waals surface area contributed by atoms with Gasteiger partial charge in [0.15, 0.2) is 0 Å². The Morgan fingerprint density at radius 1 is 1.50 bits per heavy atom. The number of aliphatic hydroxyl groups excluding tert-OH is 2. The lowest BCUT2D eigenvalue weighted by atomic mass is 10.1. The van der Waals surface area contributed by atoms with Crippen LogP contribution in [0.3, 0.4) is 0 Å². The minimum atomic E-state index is -1.08. The molecular formula is C11H20N4O3. The molecule has 0 aliphatic rings. The summed E-state index contributed by atoms with van der Waals surface area (Å²) in [5, 5.41) is 25.0. The molecule has 1 aromatic heterocycles. The lowest BCUT2D eigenvalue weighted by Crippen LogP contribution is -2.52. The molecule has 5 N–H and O–H groups in total. The molecule has 1 rings (SSSR count). The Bertz CT molecular complexity index is 438. The molecule has 0 spiro atoms. The van der Waals surface area contributed by atoms with E-state index in [9.17, 15) is 4.79 Å². The van der Waals surface area contributed by atoms with E-state index < -0.39 is 11.4 Å². The zero-order chi connectivity index (χ0) is 13.9. The van der Waals surface area contributed by atoms with Gasteiger partial charge in [-0.3, -0.25) is 9.48 Å². The summed E-state index contributed by atoms with van der Waals surface area (Å²) in [5.41, 5.74) is 5.88. The summed E-state index contributed by atoms with van der Waals surface area (Å²) in [5.74, 6) is -0.458. The third-order valence-corrected chi connectivity index (χ3v) is 2.80. The Hall–Kier alpha value is -1.60. The molecule has 1 heterocycles. The molecule has 0 saturated carbocycles. The highest BCUT2D eigenvalue weighted by atomic mass is 16.3. The van der Waals surface area contributed by atoms with Crippen molar-refractivity contribution in [2.75, 3.05) is 18.9 Å². The molecule has 0 aromatic carbocycles. The Morgan fingerprint density at radius 3 is 2.50 bits per heavy atom. The van der Waals surface area contributed by atoms with E-state index in [0.29, 0.717) is 17.9 Å². The van der Waals surface area contributed by atoms with E-state index >= 15 is 0 Å². The fraction of sp³-hybridized carbons (Fsp3) is 0.636. The summed E-state index contributed by atoms with van der Waals surface area (Å²) >= 11 is 0. The third-order valence-electron chi connectivity index (χ3n) is 2.80. The van der Waals surface area contributed by atoms with Crippen molar-refractivity contribution in [2.24, 2.45) is 0 Å². The summed E-state index contributed by atoms with van der Waals surface area (Å²) in [7, 11) is 0. The van der Waals surface area contributed by atoms with Crippen molar-refractivity contribution in [1.29, 1.82) is 0 Å². The van der Waals surface area contributed by atoms with Crippen molar-refractivity contribution in [3.05, 3.63) is 11.4 Å². The number of aryl methyl sites for hydroxylation is 2. The zero-order valence-electron chi connectivity index (χ0n) is 10.9. The number of nitrogens with zero attached hydrogens (tertiary/aromatic N) is 2. The molecule has 18 heavy (non-hydrogen) atoms. The van der Waals surface area contributed by atoms with E-state index in [1.54, 1.807) is 13.8 Å². The number of nitrogens with two attached hydrogens (primary N) is 1. The SMILES string of the molecule is CCn1nc(C)c(N)c1C(=O)NC(C)(CO)CO. The van der Waals surface area contributed by atoms with Crippen LogP contribution < -0.4 is 11.1 Å². The molecule has 1 aromatic rings. The molecule has 0 aliphatic carbocycles. The van der Waals surface area contributed by atoms with Crippen molar-refractivity contribution in [2.45, 2.75) is 32.9 Å². The second-order valence-electron chi connectivity index (χ2n) is 4.49. The quantitative estimate of drug-likeness (QED) is 0.554. The van der Waals surface area contributed by atoms with Crippen LogP contribution in [0.2, 0.25) is 0 Å². The van der Waals surface area contributed by atoms with Crippen LogP contribution in [0.25, 0.3) is 0 Å². The van der Waals surface area contributed by atoms with Crippen molar-refractivity contribution in [3.8, 4) is 0 Å². The number of nitrogens with one attached hydrogen (secondary N) is 1. The first-order chi connectivity index (χ1) is 8.38. The van der Waals surface area contributed by atoms with Crippen molar-refractivity contribution in [1.82, 2.24) is 15.1 Å². The Kier molecular flexibility index (Phi) is 4.31. The standard InChI is InChI=1S/C11H20N4O3/c1-4-15-9(8(12)7(2)14-15)10(18)13-11(3,5-16)6-17/h16-17H,4-6,12H2,1-3H3,(H,13,18). The van der Waals surface area contributed by atoms with Gasteiger partial charge in [0.2, 0.25) is 0 Å². The minimum absolute atomic E-state index is 0.253. The maximum absolute atomic E-state index is 12.1. The summed E-state index contributed by atoms with van der Waals surface area (Å²) < 4.78 is 1.50. The van der Waals surface area contributed by atoms with Gasteiger partial charge in [0, 0.05) is 6.54 Å². The van der Waals surface area contributed by atoms with Crippen LogP contribution in [0.1, 0.15) is 30.0 Å². The molecule has 0 bridgehead atoms. The highest BCUT2D eigenvalue weighted by molar-refractivity contribution is 5.98. The number of rotatable bonds is 5. The molecule has 0 radical (unpaired) electrons. The predicted molar refractivity (Wildman–Crippen MR) is 67.1 cm³/mol. The van der Waals surface area contributed by atoms with Gasteiger partial charge in [0.05, 0.1) is 30.1 Å². The zero-order valence-corrected chi connectivity index (χ0v) is 10.9. The van der Waals surface area contributed by atoms with Gasteiger partial charge < -0.3 is 21.3 Å². The highest BCUT2D eigenvalue weighted by Gasteiger charge is 2.28. The van der Waals surface area contributed by atoms with Crippen LogP contribution in [-0.4, -0.2) is 44.7 Å². The van der Waals surface area contributed by atoms with Gasteiger partial charge in [-0.05, 0) is 20.8 Å². The van der Waals surface area contributed by atoms with Gasteiger partial charge in [-0.15, -0.1) is 0 Å². The number of carbonyl (C=O) groups excluding carboxylic acids is 1. The molecular weight excluding hydrogens is 236 g/mol. The normalized spacial score (nSPS) is 11.6. The monoisotopic (exact) mass is 256 g/mol. The molecule has 0 atom stereocenters. The molecule has 102 valence electrons. The van der Waals surface area contributed by atoms with E-state index in [1.165, 1.54) is 4.68 Å². The molecule has 7 heteroatoms. The van der Waals surface area contributed by atoms with Crippen molar-refractivity contribution >= 4 is 11.6 Å². The van der Waals surface area contributed by atoms with Gasteiger partial charge in [0.25, 0.3) is 5.91 Å². The average Bonchev–Trinajstić information content (AvgIpc) is 2.65. The van der Waals surface area contributed by atoms with E-state index in [-0.39, 0.29) is 18.9 Å². The Balaban J connectivity index is 3.04. The second-order valence-corrected chi connectivity index (χ2v) is 4.49. The molecule has 1 amide bonds. The molecule has 0 unspecified atom stereocenters. The first-order valence-corrected chi connectivity index (χ1v) is 5.75. The van der Waals surface area contributed by atoms with Gasteiger partial charge in [0.1, 0.15) is 5.69 Å². The molecule has 0 fully saturated rings. The topological polar surface area (TPSA) is 113 Å². The first kappa shape index (κ1) is 14.5. The van der Waals surface area contributed by atoms with Gasteiger partial charge in [-0.2, -0.15) is 5.10 Å². The lowest BCUT2D eigenvalue weighted by molar-refractivity contribution is 0.0715. The van der Waals surface area contributed by atoms with Crippen LogP contribution in [-0.2, 0) is 6.54 Å². The van der Waals surface area contributed by atoms with Crippen molar-refractivity contribution in [3.63, 3.8) is 0 Å². The average molecular weight is 256 g/mol. The van der Waals surface area contributed by atoms with Crippen LogP contribution in [0.5, 0.6) is 0 Å². The van der Waals surface area contributed by atoms with Crippen molar-refractivity contribution < 1.29 is 15.0 Å². The van der Waals surface area contributed by atoms with Crippen LogP contribution in [0, 0.1) is 6.92 Å². The maximum Gasteiger partial charge on any atom is 0.272 e. The predicted octanol–water partition coefficient (Wildman–Crippen LogP) is -0.733. The summed E-state index contributed by atoms with van der Waals surface area (Å²) in [6.07, 6.45) is 0. The number of amides is 1. The maximum atomic E-state index is 12.1. The number of anilines is 1. The minimum Gasteiger partial charge on any atom is -0.395 e. The van der Waals surface area contributed by atoms with Crippen LogP contribution in [0.4, 0.5) is 5.69 Å². The van der Waals surface area contributed by atoms with E-state index in [0.717, 1.165) is 0 Å². The lowest BCUT2D eigenvalue weighted by Gasteiger charge is -2.26. The van der Waals surface area contributed by atoms with E-state index in [1.807, 2.05) is 6.92 Å². The Labute approximate surface area is 106 Å². The molecule has 0 aliphatic heterocycles. The highest BCUT2D eigenvalue weighted by Crippen LogP contribution is 2.17. The van der Waals surface area contributed by atoms with E-state index in [2.05, 4.69) is 10.4 Å². The number of aromatic nitrogens is 2. The van der Waals surface area contributed by atoms with E-state index in [4.69, 9.17) is 15.9 Å². The number of aliphatic hydroxyl groups is 2. The summed E-state index contributed by atoms with van der Waals surface area (Å²) in [4.78, 5) is 12.1. The first-order valence-electron chi connectivity index (χ1n) is 5.75. The fourth-order valence-corrected chi connectivity index (χ4v) is 1.53. The summed E-state index contributed by atoms with van der Waals surface area (Å²) in [6.45, 7) is 4.88. The van der Waals surface area contributed by atoms with Crippen LogP contribution >= 0.6 is 0 Å². The van der Waals surface area contributed by atoms with Gasteiger partial charge >= 0.3 is 0 Å². The van der Waals surface area contributed by atoms with Gasteiger partial charge in [-0.1, -0.05) is 0 Å². The number of carbonyl (C=O) groups is 1. The largest absolute Gasteiger partial charge is 0.395 e. The number of nitrogen functional groups attached to an aromatic ring is 1. The molecule has 7 nitrogen and oxygen atoms in total. The number of hydrogen-bond donors (Lipinski definition) is 4. The number of hydrogen-bond acceptors (Lipinski definition) is 5. The fourth-order valence-electron chi connectivity index (χ4n) is 1.53. The molecule has 0 saturated heterocycles. The van der Waals surface area contributed by atoms with Gasteiger partial charge in [-0.25, -0.2) is 0 Å². The smallest absolute Gasteiger partial charge is 0.272 e. The van der Waals surface area contributed by atoms with Crippen LogP contribution in [0.15, 0.2) is 0 Å². The Morgan fingerprint density at radius 2 is 2.06 bits per heavy atom. The summed E-state index contributed by atoms with van der Waals surface area (Å²) in [6, 6.07) is 0.